The van der Waals surface area contributed by atoms with Gasteiger partial charge in [-0.2, -0.15) is 13.2 Å². The SMILES string of the molecule is COCCN(Cc1cccc([N+](=O)[O-])c1)CC(F)(F)F. The fourth-order valence-electron chi connectivity index (χ4n) is 1.71. The van der Waals surface area contributed by atoms with Crippen LogP contribution in [0.25, 0.3) is 0 Å². The molecule has 112 valence electrons. The van der Waals surface area contributed by atoms with Crippen molar-refractivity contribution in [3.63, 3.8) is 0 Å². The van der Waals surface area contributed by atoms with Crippen LogP contribution in [0.15, 0.2) is 24.3 Å². The summed E-state index contributed by atoms with van der Waals surface area (Å²) in [7, 11) is 1.40. The van der Waals surface area contributed by atoms with Gasteiger partial charge in [-0.1, -0.05) is 12.1 Å². The molecule has 0 atom stereocenters. The van der Waals surface area contributed by atoms with Gasteiger partial charge in [0.1, 0.15) is 0 Å². The van der Waals surface area contributed by atoms with E-state index in [1.165, 1.54) is 25.3 Å². The topological polar surface area (TPSA) is 55.6 Å². The van der Waals surface area contributed by atoms with E-state index in [9.17, 15) is 23.3 Å². The number of nitrogens with zero attached hydrogens (tertiary/aromatic N) is 2. The number of rotatable bonds is 7. The molecule has 1 aromatic carbocycles. The Bertz CT molecular complexity index is 452. The number of nitro benzene ring substituents is 1. The molecule has 1 aromatic rings. The number of ether oxygens (including phenoxy) is 1. The molecule has 8 heteroatoms. The molecular formula is C12H15F3N2O3. The van der Waals surface area contributed by atoms with Crippen LogP contribution in [0.5, 0.6) is 0 Å². The number of benzene rings is 1. The monoisotopic (exact) mass is 292 g/mol. The highest BCUT2D eigenvalue weighted by molar-refractivity contribution is 5.34. The summed E-state index contributed by atoms with van der Waals surface area (Å²) in [5, 5.41) is 10.6. The molecule has 1 rings (SSSR count). The molecule has 0 aromatic heterocycles. The van der Waals surface area contributed by atoms with Crippen molar-refractivity contribution in [3.05, 3.63) is 39.9 Å². The number of halogens is 3. The zero-order valence-electron chi connectivity index (χ0n) is 10.9. The molecule has 0 heterocycles. The van der Waals surface area contributed by atoms with E-state index in [1.807, 2.05) is 0 Å². The highest BCUT2D eigenvalue weighted by atomic mass is 19.4. The molecule has 0 spiro atoms. The molecule has 0 saturated carbocycles. The van der Waals surface area contributed by atoms with Crippen molar-refractivity contribution in [2.75, 3.05) is 26.8 Å². The standard InChI is InChI=1S/C12H15F3N2O3/c1-20-6-5-16(9-12(13,14)15)8-10-3-2-4-11(7-10)17(18)19/h2-4,7H,5-6,8-9H2,1H3. The first-order chi connectivity index (χ1) is 9.31. The molecule has 0 unspecified atom stereocenters. The third kappa shape index (κ3) is 5.98. The molecule has 5 nitrogen and oxygen atoms in total. The van der Waals surface area contributed by atoms with Crippen LogP contribution < -0.4 is 0 Å². The number of alkyl halides is 3. The first-order valence-corrected chi connectivity index (χ1v) is 5.83. The minimum atomic E-state index is -4.32. The van der Waals surface area contributed by atoms with E-state index in [0.717, 1.165) is 4.90 Å². The number of non-ortho nitro benzene ring substituents is 1. The molecule has 0 amide bonds. The summed E-state index contributed by atoms with van der Waals surface area (Å²) in [6.45, 7) is -0.854. The normalized spacial score (nSPS) is 11.8. The third-order valence-electron chi connectivity index (χ3n) is 2.54. The Kier molecular flexibility index (Phi) is 5.90. The number of methoxy groups -OCH3 is 1. The van der Waals surface area contributed by atoms with Crippen molar-refractivity contribution in [1.29, 1.82) is 0 Å². The maximum absolute atomic E-state index is 12.5. The molecule has 0 radical (unpaired) electrons. The maximum Gasteiger partial charge on any atom is 0.401 e. The van der Waals surface area contributed by atoms with Gasteiger partial charge in [0.25, 0.3) is 5.69 Å². The van der Waals surface area contributed by atoms with E-state index in [2.05, 4.69) is 0 Å². The predicted molar refractivity (Wildman–Crippen MR) is 66.3 cm³/mol. The van der Waals surface area contributed by atoms with Crippen LogP contribution in [0.1, 0.15) is 5.56 Å². The number of hydrogen-bond donors (Lipinski definition) is 0. The van der Waals surface area contributed by atoms with Crippen LogP contribution in [0.3, 0.4) is 0 Å². The van der Waals surface area contributed by atoms with E-state index >= 15 is 0 Å². The van der Waals surface area contributed by atoms with Gasteiger partial charge < -0.3 is 4.74 Å². The Hall–Kier alpha value is -1.67. The van der Waals surface area contributed by atoms with Gasteiger partial charge in [-0.25, -0.2) is 0 Å². The first-order valence-electron chi connectivity index (χ1n) is 5.83. The van der Waals surface area contributed by atoms with Gasteiger partial charge in [0.15, 0.2) is 0 Å². The Labute approximate surface area is 114 Å². The smallest absolute Gasteiger partial charge is 0.383 e. The molecule has 20 heavy (non-hydrogen) atoms. The molecule has 0 aliphatic heterocycles. The molecule has 0 N–H and O–H groups in total. The van der Waals surface area contributed by atoms with Gasteiger partial charge in [0.2, 0.25) is 0 Å². The molecule has 0 aliphatic carbocycles. The van der Waals surface area contributed by atoms with Crippen molar-refractivity contribution in [2.24, 2.45) is 0 Å². The Balaban J connectivity index is 2.77. The number of hydrogen-bond acceptors (Lipinski definition) is 4. The summed E-state index contributed by atoms with van der Waals surface area (Å²) >= 11 is 0. The number of nitro groups is 1. The second-order valence-corrected chi connectivity index (χ2v) is 4.25. The van der Waals surface area contributed by atoms with Gasteiger partial charge in [0.05, 0.1) is 18.1 Å². The largest absolute Gasteiger partial charge is 0.401 e. The molecule has 0 aliphatic rings. The second-order valence-electron chi connectivity index (χ2n) is 4.25. The van der Waals surface area contributed by atoms with Crippen molar-refractivity contribution < 1.29 is 22.8 Å². The Morgan fingerprint density at radius 1 is 1.40 bits per heavy atom. The molecule has 0 fully saturated rings. The summed E-state index contributed by atoms with van der Waals surface area (Å²) in [5.74, 6) is 0. The van der Waals surface area contributed by atoms with E-state index in [4.69, 9.17) is 4.74 Å². The lowest BCUT2D eigenvalue weighted by atomic mass is 10.2. The zero-order valence-corrected chi connectivity index (χ0v) is 10.9. The van der Waals surface area contributed by atoms with Gasteiger partial charge >= 0.3 is 6.18 Å². The molecule has 0 bridgehead atoms. The summed E-state index contributed by atoms with van der Waals surface area (Å²) in [4.78, 5) is 11.2. The van der Waals surface area contributed by atoms with Gasteiger partial charge in [-0.05, 0) is 5.56 Å². The van der Waals surface area contributed by atoms with E-state index in [0.29, 0.717) is 5.56 Å². The van der Waals surface area contributed by atoms with Crippen LogP contribution in [0.2, 0.25) is 0 Å². The van der Waals surface area contributed by atoms with E-state index in [-0.39, 0.29) is 25.4 Å². The second kappa shape index (κ2) is 7.20. The quantitative estimate of drug-likeness (QED) is 0.572. The summed E-state index contributed by atoms with van der Waals surface area (Å²) in [6, 6.07) is 5.58. The zero-order chi connectivity index (χ0) is 15.2. The van der Waals surface area contributed by atoms with Crippen molar-refractivity contribution in [2.45, 2.75) is 12.7 Å². The predicted octanol–water partition coefficient (Wildman–Crippen LogP) is 2.61. The van der Waals surface area contributed by atoms with Crippen LogP contribution in [-0.2, 0) is 11.3 Å². The van der Waals surface area contributed by atoms with Crippen LogP contribution in [0.4, 0.5) is 18.9 Å². The van der Waals surface area contributed by atoms with Crippen LogP contribution in [-0.4, -0.2) is 42.8 Å². The van der Waals surface area contributed by atoms with Crippen molar-refractivity contribution in [3.8, 4) is 0 Å². The molecular weight excluding hydrogens is 277 g/mol. The van der Waals surface area contributed by atoms with Gasteiger partial charge in [-0.15, -0.1) is 0 Å². The summed E-state index contributed by atoms with van der Waals surface area (Å²) < 4.78 is 42.1. The van der Waals surface area contributed by atoms with Crippen molar-refractivity contribution >= 4 is 5.69 Å². The highest BCUT2D eigenvalue weighted by Gasteiger charge is 2.30. The van der Waals surface area contributed by atoms with Gasteiger partial charge in [0, 0.05) is 32.3 Å². The lowest BCUT2D eigenvalue weighted by Crippen LogP contribution is -2.36. The average Bonchev–Trinajstić information content (AvgIpc) is 2.34. The highest BCUT2D eigenvalue weighted by Crippen LogP contribution is 2.19. The third-order valence-corrected chi connectivity index (χ3v) is 2.54. The minimum absolute atomic E-state index is 0.0233. The fraction of sp³-hybridized carbons (Fsp3) is 0.500. The summed E-state index contributed by atoms with van der Waals surface area (Å²) in [6.07, 6.45) is -4.32. The fourth-order valence-corrected chi connectivity index (χ4v) is 1.71. The van der Waals surface area contributed by atoms with Crippen LogP contribution >= 0.6 is 0 Å². The maximum atomic E-state index is 12.5. The Morgan fingerprint density at radius 3 is 2.65 bits per heavy atom. The lowest BCUT2D eigenvalue weighted by molar-refractivity contribution is -0.384. The van der Waals surface area contributed by atoms with Crippen LogP contribution in [0, 0.1) is 10.1 Å². The Morgan fingerprint density at radius 2 is 2.10 bits per heavy atom. The van der Waals surface area contributed by atoms with E-state index < -0.39 is 17.6 Å². The van der Waals surface area contributed by atoms with Crippen molar-refractivity contribution in [1.82, 2.24) is 4.90 Å². The average molecular weight is 292 g/mol. The first kappa shape index (κ1) is 16.4. The lowest BCUT2D eigenvalue weighted by Gasteiger charge is -2.23. The van der Waals surface area contributed by atoms with Gasteiger partial charge in [-0.3, -0.25) is 15.0 Å². The summed E-state index contributed by atoms with van der Waals surface area (Å²) in [5.41, 5.74) is 0.320. The molecule has 0 saturated heterocycles. The van der Waals surface area contributed by atoms with E-state index in [1.54, 1.807) is 6.07 Å². The minimum Gasteiger partial charge on any atom is -0.383 e.